The van der Waals surface area contributed by atoms with E-state index in [0.29, 0.717) is 5.89 Å². The highest BCUT2D eigenvalue weighted by atomic mass is 19.4. The van der Waals surface area contributed by atoms with Gasteiger partial charge in [0.2, 0.25) is 5.89 Å². The van der Waals surface area contributed by atoms with E-state index in [2.05, 4.69) is 10.2 Å². The summed E-state index contributed by atoms with van der Waals surface area (Å²) in [5.74, 6) is -0.339. The maximum absolute atomic E-state index is 12.7. The Morgan fingerprint density at radius 3 is 2.55 bits per heavy atom. The topological polar surface area (TPSA) is 65.2 Å². The van der Waals surface area contributed by atoms with Gasteiger partial charge in [0, 0.05) is 11.6 Å². The van der Waals surface area contributed by atoms with Crippen LogP contribution in [0.25, 0.3) is 17.5 Å². The van der Waals surface area contributed by atoms with Crippen LogP contribution >= 0.6 is 0 Å². The zero-order valence-corrected chi connectivity index (χ0v) is 15.6. The molecule has 0 saturated heterocycles. The summed E-state index contributed by atoms with van der Waals surface area (Å²) in [6.07, 6.45) is -2.98. The molecule has 8 heteroatoms. The van der Waals surface area contributed by atoms with Crippen LogP contribution in [0.2, 0.25) is 0 Å². The second-order valence-corrected chi connectivity index (χ2v) is 6.35. The third-order valence-corrected chi connectivity index (χ3v) is 4.01. The van der Waals surface area contributed by atoms with Gasteiger partial charge in [-0.3, -0.25) is 0 Å². The molecule has 1 unspecified atom stereocenters. The van der Waals surface area contributed by atoms with Crippen LogP contribution < -0.4 is 0 Å². The maximum atomic E-state index is 12.7. The Hall–Kier alpha value is -3.42. The quantitative estimate of drug-likeness (QED) is 0.423. The maximum Gasteiger partial charge on any atom is 0.416 e. The molecule has 3 aromatic rings. The SMILES string of the molecule is Cc1ccc(-c2nnc(C(C)OC(=O)/C=C/c3cccc(C(F)(F)F)c3)o2)cc1. The molecule has 29 heavy (non-hydrogen) atoms. The highest BCUT2D eigenvalue weighted by molar-refractivity contribution is 5.87. The molecule has 1 heterocycles. The summed E-state index contributed by atoms with van der Waals surface area (Å²) in [6.45, 7) is 3.51. The summed E-state index contributed by atoms with van der Waals surface area (Å²) in [7, 11) is 0. The van der Waals surface area contributed by atoms with E-state index in [-0.39, 0.29) is 11.5 Å². The van der Waals surface area contributed by atoms with E-state index >= 15 is 0 Å². The lowest BCUT2D eigenvalue weighted by Gasteiger charge is -2.08. The number of hydrogen-bond acceptors (Lipinski definition) is 5. The Bertz CT molecular complexity index is 1020. The minimum absolute atomic E-state index is 0.112. The number of alkyl halides is 3. The molecule has 0 aliphatic rings. The van der Waals surface area contributed by atoms with Crippen molar-refractivity contribution in [1.82, 2.24) is 10.2 Å². The van der Waals surface area contributed by atoms with Crippen LogP contribution in [-0.4, -0.2) is 16.2 Å². The summed E-state index contributed by atoms with van der Waals surface area (Å²) in [5.41, 5.74) is 1.25. The van der Waals surface area contributed by atoms with Gasteiger partial charge < -0.3 is 9.15 Å². The van der Waals surface area contributed by atoms with Gasteiger partial charge >= 0.3 is 12.1 Å². The van der Waals surface area contributed by atoms with Gasteiger partial charge in [-0.1, -0.05) is 29.8 Å². The Labute approximate surface area is 164 Å². The second kappa shape index (κ2) is 8.30. The molecule has 0 spiro atoms. The highest BCUT2D eigenvalue weighted by Gasteiger charge is 2.30. The number of carbonyl (C=O) groups excluding carboxylic acids is 1. The van der Waals surface area contributed by atoms with Gasteiger partial charge in [-0.2, -0.15) is 13.2 Å². The van der Waals surface area contributed by atoms with Crippen molar-refractivity contribution in [3.05, 3.63) is 77.2 Å². The molecule has 0 aliphatic carbocycles. The Kier molecular flexibility index (Phi) is 5.81. The van der Waals surface area contributed by atoms with Gasteiger partial charge in [0.1, 0.15) is 0 Å². The normalized spacial score (nSPS) is 12.9. The molecule has 0 bridgehead atoms. The van der Waals surface area contributed by atoms with Crippen molar-refractivity contribution < 1.29 is 27.1 Å². The number of ether oxygens (including phenoxy) is 1. The molecule has 5 nitrogen and oxygen atoms in total. The van der Waals surface area contributed by atoms with Crippen molar-refractivity contribution in [3.63, 3.8) is 0 Å². The van der Waals surface area contributed by atoms with Crippen molar-refractivity contribution in [2.75, 3.05) is 0 Å². The molecule has 1 aromatic heterocycles. The van der Waals surface area contributed by atoms with Gasteiger partial charge in [0.25, 0.3) is 5.89 Å². The molecule has 150 valence electrons. The number of halogens is 3. The fourth-order valence-electron chi connectivity index (χ4n) is 2.46. The smallest absolute Gasteiger partial charge is 0.416 e. The standard InChI is InChI=1S/C21H17F3N2O3/c1-13-6-9-16(10-7-13)20-26-25-19(29-20)14(2)28-18(27)11-8-15-4-3-5-17(12-15)21(22,23)24/h3-12,14H,1-2H3/b11-8+. The zero-order valence-electron chi connectivity index (χ0n) is 15.6. The van der Waals surface area contributed by atoms with E-state index in [4.69, 9.17) is 9.15 Å². The van der Waals surface area contributed by atoms with E-state index in [1.54, 1.807) is 6.92 Å². The number of aromatic nitrogens is 2. The summed E-state index contributed by atoms with van der Waals surface area (Å²) < 4.78 is 48.9. The van der Waals surface area contributed by atoms with E-state index < -0.39 is 23.8 Å². The Balaban J connectivity index is 1.64. The lowest BCUT2D eigenvalue weighted by atomic mass is 10.1. The highest BCUT2D eigenvalue weighted by Crippen LogP contribution is 2.29. The molecule has 0 fully saturated rings. The third kappa shape index (κ3) is 5.31. The number of carbonyl (C=O) groups is 1. The second-order valence-electron chi connectivity index (χ2n) is 6.35. The van der Waals surface area contributed by atoms with Gasteiger partial charge in [-0.15, -0.1) is 10.2 Å². The van der Waals surface area contributed by atoms with Crippen LogP contribution in [0.1, 0.15) is 35.6 Å². The van der Waals surface area contributed by atoms with Crippen LogP contribution in [0.5, 0.6) is 0 Å². The molecule has 0 amide bonds. The van der Waals surface area contributed by atoms with Crippen molar-refractivity contribution >= 4 is 12.0 Å². The first kappa shape index (κ1) is 20.3. The molecular formula is C21H17F3N2O3. The van der Waals surface area contributed by atoms with E-state index in [0.717, 1.165) is 29.3 Å². The van der Waals surface area contributed by atoms with Crippen LogP contribution in [-0.2, 0) is 15.7 Å². The number of hydrogen-bond donors (Lipinski definition) is 0. The van der Waals surface area contributed by atoms with Gasteiger partial charge in [-0.25, -0.2) is 4.79 Å². The predicted molar refractivity (Wildman–Crippen MR) is 99.5 cm³/mol. The number of aryl methyl sites for hydroxylation is 1. The van der Waals surface area contributed by atoms with Crippen LogP contribution in [0, 0.1) is 6.92 Å². The largest absolute Gasteiger partial charge is 0.449 e. The lowest BCUT2D eigenvalue weighted by Crippen LogP contribution is -2.06. The van der Waals surface area contributed by atoms with Crippen LogP contribution in [0.4, 0.5) is 13.2 Å². The average Bonchev–Trinajstić information content (AvgIpc) is 3.17. The van der Waals surface area contributed by atoms with Gasteiger partial charge in [-0.05, 0) is 49.8 Å². The molecule has 0 N–H and O–H groups in total. The number of nitrogens with zero attached hydrogens (tertiary/aromatic N) is 2. The number of esters is 1. The first-order valence-electron chi connectivity index (χ1n) is 8.69. The Morgan fingerprint density at radius 1 is 1.14 bits per heavy atom. The van der Waals surface area contributed by atoms with E-state index in [1.807, 2.05) is 31.2 Å². The summed E-state index contributed by atoms with van der Waals surface area (Å²) in [6, 6.07) is 12.1. The van der Waals surface area contributed by atoms with Crippen molar-refractivity contribution in [2.24, 2.45) is 0 Å². The zero-order chi connectivity index (χ0) is 21.0. The molecule has 0 saturated carbocycles. The fourth-order valence-corrected chi connectivity index (χ4v) is 2.46. The summed E-state index contributed by atoms with van der Waals surface area (Å²) in [5, 5.41) is 7.82. The third-order valence-electron chi connectivity index (χ3n) is 4.01. The first-order chi connectivity index (χ1) is 13.7. The molecule has 0 aliphatic heterocycles. The number of benzene rings is 2. The van der Waals surface area contributed by atoms with E-state index in [1.165, 1.54) is 18.2 Å². The van der Waals surface area contributed by atoms with Crippen LogP contribution in [0.3, 0.4) is 0 Å². The minimum Gasteiger partial charge on any atom is -0.449 e. The predicted octanol–water partition coefficient (Wildman–Crippen LogP) is 5.38. The minimum atomic E-state index is -4.45. The van der Waals surface area contributed by atoms with Crippen molar-refractivity contribution in [2.45, 2.75) is 26.1 Å². The monoisotopic (exact) mass is 402 g/mol. The first-order valence-corrected chi connectivity index (χ1v) is 8.69. The van der Waals surface area contributed by atoms with Gasteiger partial charge in [0.05, 0.1) is 5.56 Å². The van der Waals surface area contributed by atoms with Crippen molar-refractivity contribution in [1.29, 1.82) is 0 Å². The van der Waals surface area contributed by atoms with Crippen molar-refractivity contribution in [3.8, 4) is 11.5 Å². The molecule has 0 radical (unpaired) electrons. The average molecular weight is 402 g/mol. The molecular weight excluding hydrogens is 385 g/mol. The number of rotatable bonds is 5. The molecule has 2 aromatic carbocycles. The fraction of sp³-hybridized carbons (Fsp3) is 0.190. The lowest BCUT2D eigenvalue weighted by molar-refractivity contribution is -0.143. The van der Waals surface area contributed by atoms with E-state index in [9.17, 15) is 18.0 Å². The molecule has 3 rings (SSSR count). The van der Waals surface area contributed by atoms with Gasteiger partial charge in [0.15, 0.2) is 6.10 Å². The summed E-state index contributed by atoms with van der Waals surface area (Å²) in [4.78, 5) is 12.0. The Morgan fingerprint density at radius 2 is 1.86 bits per heavy atom. The summed E-state index contributed by atoms with van der Waals surface area (Å²) >= 11 is 0. The van der Waals surface area contributed by atoms with Crippen LogP contribution in [0.15, 0.2) is 59.0 Å². The molecule has 1 atom stereocenters.